The van der Waals surface area contributed by atoms with Gasteiger partial charge >= 0.3 is 0 Å². The lowest BCUT2D eigenvalue weighted by Crippen LogP contribution is -2.18. The second kappa shape index (κ2) is 3.90. The molecule has 0 spiro atoms. The number of hydrogen-bond donors (Lipinski definition) is 0. The van der Waals surface area contributed by atoms with Crippen LogP contribution >= 0.6 is 0 Å². The number of methoxy groups -OCH3 is 1. The fourth-order valence-electron chi connectivity index (χ4n) is 0.561. The Morgan fingerprint density at radius 3 is 2.30 bits per heavy atom. The molecule has 0 saturated carbocycles. The molecule has 0 aliphatic rings. The molecule has 0 amide bonds. The van der Waals surface area contributed by atoms with Crippen molar-refractivity contribution >= 4 is 10.1 Å². The molecular formula is C5H12O4S. The number of hydrogen-bond acceptors (Lipinski definition) is 4. The zero-order valence-corrected chi connectivity index (χ0v) is 7.14. The molecule has 0 N–H and O–H groups in total. The van der Waals surface area contributed by atoms with Crippen LogP contribution in [0.15, 0.2) is 0 Å². The highest BCUT2D eigenvalue weighted by Gasteiger charge is 2.08. The quantitative estimate of drug-likeness (QED) is 0.554. The van der Waals surface area contributed by atoms with E-state index in [1.165, 1.54) is 7.11 Å². The number of rotatable bonds is 4. The maximum absolute atomic E-state index is 10.4. The topological polar surface area (TPSA) is 52.6 Å². The monoisotopic (exact) mass is 168 g/mol. The smallest absolute Gasteiger partial charge is 0.264 e. The van der Waals surface area contributed by atoms with E-state index < -0.39 is 16.2 Å². The molecule has 0 aliphatic carbocycles. The van der Waals surface area contributed by atoms with Gasteiger partial charge in [0.2, 0.25) is 0 Å². The number of ether oxygens (including phenoxy) is 1. The van der Waals surface area contributed by atoms with Crippen LogP contribution in [0.5, 0.6) is 0 Å². The van der Waals surface area contributed by atoms with Gasteiger partial charge in [0, 0.05) is 7.11 Å². The van der Waals surface area contributed by atoms with E-state index in [9.17, 15) is 8.42 Å². The predicted molar refractivity (Wildman–Crippen MR) is 37.3 cm³/mol. The van der Waals surface area contributed by atoms with Crippen LogP contribution in [-0.2, 0) is 19.0 Å². The molecule has 0 unspecified atom stereocenters. The van der Waals surface area contributed by atoms with Crippen LogP contribution in [0.1, 0.15) is 6.92 Å². The lowest BCUT2D eigenvalue weighted by atomic mass is 10.5. The molecule has 0 heterocycles. The Morgan fingerprint density at radius 1 is 1.50 bits per heavy atom. The Labute approximate surface area is 61.3 Å². The summed E-state index contributed by atoms with van der Waals surface area (Å²) in [7, 11) is -1.84. The van der Waals surface area contributed by atoms with E-state index in [0.717, 1.165) is 6.26 Å². The third-order valence-electron chi connectivity index (χ3n) is 0.740. The first-order chi connectivity index (χ1) is 4.45. The zero-order valence-electron chi connectivity index (χ0n) is 6.33. The van der Waals surface area contributed by atoms with Crippen molar-refractivity contribution in [1.29, 1.82) is 0 Å². The van der Waals surface area contributed by atoms with Gasteiger partial charge in [0.25, 0.3) is 10.1 Å². The molecule has 0 radical (unpaired) electrons. The Morgan fingerprint density at radius 2 is 2.00 bits per heavy atom. The molecular weight excluding hydrogens is 156 g/mol. The van der Waals surface area contributed by atoms with Gasteiger partial charge in [-0.3, -0.25) is 4.18 Å². The largest absolute Gasteiger partial charge is 0.382 e. The summed E-state index contributed by atoms with van der Waals surface area (Å²) < 4.78 is 30.1. The minimum atomic E-state index is -3.33. The summed E-state index contributed by atoms with van der Waals surface area (Å²) >= 11 is 0. The van der Waals surface area contributed by atoms with Crippen LogP contribution in [0, 0.1) is 0 Å². The summed E-state index contributed by atoms with van der Waals surface area (Å²) in [6.07, 6.45) is 0.610. The summed E-state index contributed by atoms with van der Waals surface area (Å²) in [5.74, 6) is 0. The zero-order chi connectivity index (χ0) is 8.20. The van der Waals surface area contributed by atoms with Gasteiger partial charge < -0.3 is 4.74 Å². The Hall–Kier alpha value is -0.130. The van der Waals surface area contributed by atoms with E-state index >= 15 is 0 Å². The fraction of sp³-hybridized carbons (Fsp3) is 1.00. The van der Waals surface area contributed by atoms with Crippen molar-refractivity contribution in [2.45, 2.75) is 13.0 Å². The second-order valence-corrected chi connectivity index (χ2v) is 3.67. The fourth-order valence-corrected chi connectivity index (χ4v) is 1.21. The molecule has 0 fully saturated rings. The molecule has 0 aromatic heterocycles. The third-order valence-corrected chi connectivity index (χ3v) is 1.42. The standard InChI is InChI=1S/C5H12O4S/c1-5(4-8-2)9-10(3,6)7/h5H,4H2,1-3H3/t5-/m0/s1. The summed E-state index contributed by atoms with van der Waals surface area (Å²) in [5, 5.41) is 0. The molecule has 0 aliphatic heterocycles. The molecule has 10 heavy (non-hydrogen) atoms. The first-order valence-corrected chi connectivity index (χ1v) is 4.64. The van der Waals surface area contributed by atoms with Gasteiger partial charge in [-0.25, -0.2) is 0 Å². The summed E-state index contributed by atoms with van der Waals surface area (Å²) in [6, 6.07) is 0. The minimum absolute atomic E-state index is 0.285. The molecule has 0 aromatic carbocycles. The van der Waals surface area contributed by atoms with Gasteiger partial charge in [0.05, 0.1) is 19.0 Å². The minimum Gasteiger partial charge on any atom is -0.382 e. The van der Waals surface area contributed by atoms with E-state index in [1.807, 2.05) is 0 Å². The maximum Gasteiger partial charge on any atom is 0.264 e. The van der Waals surface area contributed by atoms with Crippen molar-refractivity contribution in [2.75, 3.05) is 20.0 Å². The van der Waals surface area contributed by atoms with Crippen LogP contribution in [0.25, 0.3) is 0 Å². The van der Waals surface area contributed by atoms with Crippen LogP contribution in [-0.4, -0.2) is 34.5 Å². The van der Waals surface area contributed by atoms with E-state index in [-0.39, 0.29) is 6.61 Å². The molecule has 1 atom stereocenters. The van der Waals surface area contributed by atoms with Gasteiger partial charge in [-0.1, -0.05) is 0 Å². The highest BCUT2D eigenvalue weighted by Crippen LogP contribution is 1.95. The summed E-state index contributed by atoms with van der Waals surface area (Å²) in [5.41, 5.74) is 0. The average molecular weight is 168 g/mol. The average Bonchev–Trinajstić information content (AvgIpc) is 1.59. The van der Waals surface area contributed by atoms with E-state index in [2.05, 4.69) is 8.92 Å². The molecule has 5 heteroatoms. The van der Waals surface area contributed by atoms with Crippen molar-refractivity contribution in [2.24, 2.45) is 0 Å². The molecule has 62 valence electrons. The van der Waals surface area contributed by atoms with Crippen LogP contribution in [0.2, 0.25) is 0 Å². The molecule has 0 saturated heterocycles. The SMILES string of the molecule is COC[C@H](C)OS(C)(=O)=O. The van der Waals surface area contributed by atoms with Gasteiger partial charge in [-0.15, -0.1) is 0 Å². The summed E-state index contributed by atoms with van der Waals surface area (Å²) in [6.45, 7) is 1.91. The lowest BCUT2D eigenvalue weighted by molar-refractivity contribution is 0.0969. The highest BCUT2D eigenvalue weighted by molar-refractivity contribution is 7.86. The van der Waals surface area contributed by atoms with Gasteiger partial charge in [0.1, 0.15) is 0 Å². The van der Waals surface area contributed by atoms with Gasteiger partial charge in [0.15, 0.2) is 0 Å². The Kier molecular flexibility index (Phi) is 3.85. The van der Waals surface area contributed by atoms with Crippen LogP contribution < -0.4 is 0 Å². The molecule has 0 rings (SSSR count). The third kappa shape index (κ3) is 6.00. The van der Waals surface area contributed by atoms with Gasteiger partial charge in [-0.05, 0) is 6.92 Å². The van der Waals surface area contributed by atoms with Crippen molar-refractivity contribution in [3.05, 3.63) is 0 Å². The first kappa shape index (κ1) is 9.87. The van der Waals surface area contributed by atoms with Crippen LogP contribution in [0.4, 0.5) is 0 Å². The maximum atomic E-state index is 10.4. The Balaban J connectivity index is 3.69. The molecule has 0 aromatic rings. The normalized spacial score (nSPS) is 15.1. The van der Waals surface area contributed by atoms with Crippen molar-refractivity contribution in [3.8, 4) is 0 Å². The van der Waals surface area contributed by atoms with Crippen molar-refractivity contribution < 1.29 is 17.3 Å². The first-order valence-electron chi connectivity index (χ1n) is 2.83. The lowest BCUT2D eigenvalue weighted by Gasteiger charge is -2.08. The highest BCUT2D eigenvalue weighted by atomic mass is 32.2. The van der Waals surface area contributed by atoms with E-state index in [1.54, 1.807) is 6.92 Å². The van der Waals surface area contributed by atoms with Crippen molar-refractivity contribution in [3.63, 3.8) is 0 Å². The van der Waals surface area contributed by atoms with Crippen LogP contribution in [0.3, 0.4) is 0 Å². The summed E-state index contributed by atoms with van der Waals surface area (Å²) in [4.78, 5) is 0. The predicted octanol–water partition coefficient (Wildman–Crippen LogP) is -0.00250. The molecule has 4 nitrogen and oxygen atoms in total. The molecule has 0 bridgehead atoms. The second-order valence-electron chi connectivity index (χ2n) is 2.07. The Bertz CT molecular complexity index is 172. The van der Waals surface area contributed by atoms with E-state index in [0.29, 0.717) is 0 Å². The van der Waals surface area contributed by atoms with Gasteiger partial charge in [-0.2, -0.15) is 8.42 Å². The van der Waals surface area contributed by atoms with Crippen molar-refractivity contribution in [1.82, 2.24) is 0 Å². The van der Waals surface area contributed by atoms with E-state index in [4.69, 9.17) is 0 Å².